The molecule has 4 heteroatoms. The summed E-state index contributed by atoms with van der Waals surface area (Å²) in [7, 11) is 0. The molecule has 0 saturated carbocycles. The lowest BCUT2D eigenvalue weighted by Gasteiger charge is -2.27. The van der Waals surface area contributed by atoms with Gasteiger partial charge in [-0.25, -0.2) is 4.79 Å². The molecule has 18 heavy (non-hydrogen) atoms. The van der Waals surface area contributed by atoms with Crippen LogP contribution in [0.3, 0.4) is 0 Å². The Kier molecular flexibility index (Phi) is 4.05. The molecule has 1 aliphatic heterocycles. The van der Waals surface area contributed by atoms with E-state index < -0.39 is 5.97 Å². The van der Waals surface area contributed by atoms with E-state index in [-0.39, 0.29) is 0 Å². The van der Waals surface area contributed by atoms with Crippen molar-refractivity contribution in [2.24, 2.45) is 0 Å². The van der Waals surface area contributed by atoms with Crippen molar-refractivity contribution in [3.8, 4) is 0 Å². The number of benzene rings is 1. The summed E-state index contributed by atoms with van der Waals surface area (Å²) < 4.78 is 0. The van der Waals surface area contributed by atoms with E-state index in [9.17, 15) is 4.79 Å². The van der Waals surface area contributed by atoms with Crippen LogP contribution >= 0.6 is 11.6 Å². The summed E-state index contributed by atoms with van der Waals surface area (Å²) in [6.45, 7) is 1.75. The molecule has 0 atom stereocenters. The number of anilines is 1. The average molecular weight is 264 g/mol. The van der Waals surface area contributed by atoms with E-state index in [0.717, 1.165) is 36.8 Å². The van der Waals surface area contributed by atoms with Crippen LogP contribution in [0.5, 0.6) is 0 Å². The molecule has 0 radical (unpaired) electrons. The molecule has 0 aromatic heterocycles. The fourth-order valence-electron chi connectivity index (χ4n) is 1.98. The molecule has 0 spiro atoms. The van der Waals surface area contributed by atoms with Gasteiger partial charge in [0.2, 0.25) is 0 Å². The number of carbonyl (C=O) groups is 1. The number of rotatable bonds is 3. The van der Waals surface area contributed by atoms with Crippen LogP contribution in [0.15, 0.2) is 36.4 Å². The summed E-state index contributed by atoms with van der Waals surface area (Å²) in [4.78, 5) is 12.8. The van der Waals surface area contributed by atoms with Gasteiger partial charge in [0, 0.05) is 35.4 Å². The monoisotopic (exact) mass is 263 g/mol. The molecule has 0 unspecified atom stereocenters. The number of carboxylic acids is 1. The van der Waals surface area contributed by atoms with E-state index in [1.165, 1.54) is 0 Å². The smallest absolute Gasteiger partial charge is 0.328 e. The number of halogens is 1. The second-order valence-corrected chi connectivity index (χ2v) is 4.46. The minimum Gasteiger partial charge on any atom is -0.478 e. The molecule has 0 amide bonds. The Morgan fingerprint density at radius 3 is 2.89 bits per heavy atom. The van der Waals surface area contributed by atoms with Crippen LogP contribution in [-0.2, 0) is 4.79 Å². The Labute approximate surface area is 111 Å². The van der Waals surface area contributed by atoms with Crippen molar-refractivity contribution in [2.75, 3.05) is 18.0 Å². The molecule has 0 fully saturated rings. The lowest BCUT2D eigenvalue weighted by atomic mass is 10.1. The van der Waals surface area contributed by atoms with E-state index in [1.54, 1.807) is 12.1 Å². The van der Waals surface area contributed by atoms with Crippen LogP contribution in [0.1, 0.15) is 12.0 Å². The maximum absolute atomic E-state index is 10.6. The molecule has 94 valence electrons. The maximum Gasteiger partial charge on any atom is 0.328 e. The normalized spacial score (nSPS) is 15.3. The second-order valence-electron chi connectivity index (χ2n) is 4.05. The summed E-state index contributed by atoms with van der Waals surface area (Å²) in [5.74, 6) is -0.973. The fraction of sp³-hybridized carbons (Fsp3) is 0.214. The molecule has 2 rings (SSSR count). The van der Waals surface area contributed by atoms with Gasteiger partial charge in [0.1, 0.15) is 0 Å². The van der Waals surface area contributed by atoms with Gasteiger partial charge in [-0.2, -0.15) is 0 Å². The van der Waals surface area contributed by atoms with E-state index >= 15 is 0 Å². The van der Waals surface area contributed by atoms with E-state index in [1.807, 2.05) is 12.1 Å². The lowest BCUT2D eigenvalue weighted by Crippen LogP contribution is -2.27. The third-order valence-corrected chi connectivity index (χ3v) is 3.15. The summed E-state index contributed by atoms with van der Waals surface area (Å²) >= 11 is 6.14. The highest BCUT2D eigenvalue weighted by Gasteiger charge is 2.12. The average Bonchev–Trinajstić information content (AvgIpc) is 2.38. The van der Waals surface area contributed by atoms with Gasteiger partial charge in [0.05, 0.1) is 0 Å². The van der Waals surface area contributed by atoms with Gasteiger partial charge in [-0.3, -0.25) is 0 Å². The Morgan fingerprint density at radius 2 is 2.22 bits per heavy atom. The molecular formula is C14H14ClNO2. The van der Waals surface area contributed by atoms with Crippen LogP contribution in [0.25, 0.3) is 6.08 Å². The van der Waals surface area contributed by atoms with E-state index in [4.69, 9.17) is 16.7 Å². The van der Waals surface area contributed by atoms with E-state index in [0.29, 0.717) is 5.02 Å². The number of nitrogens with zero attached hydrogens (tertiary/aromatic N) is 1. The van der Waals surface area contributed by atoms with Crippen molar-refractivity contribution >= 4 is 29.3 Å². The fourth-order valence-corrected chi connectivity index (χ4v) is 2.21. The highest BCUT2D eigenvalue weighted by atomic mass is 35.5. The minimum atomic E-state index is -0.973. The van der Waals surface area contributed by atoms with Crippen LogP contribution in [0.4, 0.5) is 5.69 Å². The van der Waals surface area contributed by atoms with Crippen molar-refractivity contribution < 1.29 is 9.90 Å². The Morgan fingerprint density at radius 1 is 1.39 bits per heavy atom. The Bertz CT molecular complexity index is 509. The molecule has 1 aromatic rings. The SMILES string of the molecule is O=C(O)/C=C/c1c(Cl)cccc1N1CC=CCC1. The molecular weight excluding hydrogens is 250 g/mol. The molecule has 1 aliphatic rings. The van der Waals surface area contributed by atoms with Gasteiger partial charge < -0.3 is 10.0 Å². The first kappa shape index (κ1) is 12.7. The summed E-state index contributed by atoms with van der Waals surface area (Å²) in [6.07, 6.45) is 7.92. The number of hydrogen-bond acceptors (Lipinski definition) is 2. The molecule has 1 aromatic carbocycles. The van der Waals surface area contributed by atoms with E-state index in [2.05, 4.69) is 17.1 Å². The third-order valence-electron chi connectivity index (χ3n) is 2.82. The predicted octanol–water partition coefficient (Wildman–Crippen LogP) is 3.20. The van der Waals surface area contributed by atoms with Gasteiger partial charge in [0.15, 0.2) is 0 Å². The lowest BCUT2D eigenvalue weighted by molar-refractivity contribution is -0.131. The van der Waals surface area contributed by atoms with Gasteiger partial charge in [-0.1, -0.05) is 29.8 Å². The number of carboxylic acid groups (broad SMARTS) is 1. The van der Waals surface area contributed by atoms with Crippen LogP contribution in [-0.4, -0.2) is 24.2 Å². The first-order valence-corrected chi connectivity index (χ1v) is 6.16. The van der Waals surface area contributed by atoms with Gasteiger partial charge in [-0.05, 0) is 24.6 Å². The van der Waals surface area contributed by atoms with Gasteiger partial charge >= 0.3 is 5.97 Å². The van der Waals surface area contributed by atoms with Crippen LogP contribution < -0.4 is 4.90 Å². The maximum atomic E-state index is 10.6. The number of hydrogen-bond donors (Lipinski definition) is 1. The van der Waals surface area contributed by atoms with Crippen molar-refractivity contribution in [1.82, 2.24) is 0 Å². The van der Waals surface area contributed by atoms with Crippen molar-refractivity contribution in [3.63, 3.8) is 0 Å². The highest BCUT2D eigenvalue weighted by molar-refractivity contribution is 6.32. The standard InChI is InChI=1S/C14H14ClNO2/c15-12-5-4-6-13(11(12)7-8-14(17)18)16-9-2-1-3-10-16/h1-2,4-8H,3,9-10H2,(H,17,18)/b8-7+. The predicted molar refractivity (Wildman–Crippen MR) is 74.1 cm³/mol. The molecule has 0 aliphatic carbocycles. The zero-order chi connectivity index (χ0) is 13.0. The van der Waals surface area contributed by atoms with Crippen molar-refractivity contribution in [1.29, 1.82) is 0 Å². The largest absolute Gasteiger partial charge is 0.478 e. The second kappa shape index (κ2) is 5.74. The summed E-state index contributed by atoms with van der Waals surface area (Å²) in [6, 6.07) is 5.62. The topological polar surface area (TPSA) is 40.5 Å². The first-order chi connectivity index (χ1) is 8.68. The summed E-state index contributed by atoms with van der Waals surface area (Å²) in [5, 5.41) is 9.28. The Balaban J connectivity index is 2.37. The quantitative estimate of drug-likeness (QED) is 0.672. The molecule has 0 bridgehead atoms. The first-order valence-electron chi connectivity index (χ1n) is 5.78. The number of aliphatic carboxylic acids is 1. The molecule has 1 heterocycles. The Hall–Kier alpha value is -1.74. The zero-order valence-corrected chi connectivity index (χ0v) is 10.6. The zero-order valence-electron chi connectivity index (χ0n) is 9.84. The third kappa shape index (κ3) is 2.93. The summed E-state index contributed by atoms with van der Waals surface area (Å²) in [5.41, 5.74) is 1.74. The molecule has 1 N–H and O–H groups in total. The van der Waals surface area contributed by atoms with Crippen LogP contribution in [0.2, 0.25) is 5.02 Å². The van der Waals surface area contributed by atoms with Crippen molar-refractivity contribution in [3.05, 3.63) is 47.0 Å². The van der Waals surface area contributed by atoms with Gasteiger partial charge in [-0.15, -0.1) is 0 Å². The van der Waals surface area contributed by atoms with Crippen LogP contribution in [0, 0.1) is 0 Å². The van der Waals surface area contributed by atoms with Crippen molar-refractivity contribution in [2.45, 2.75) is 6.42 Å². The highest BCUT2D eigenvalue weighted by Crippen LogP contribution is 2.29. The van der Waals surface area contributed by atoms with Gasteiger partial charge in [0.25, 0.3) is 0 Å². The minimum absolute atomic E-state index is 0.569. The molecule has 3 nitrogen and oxygen atoms in total. The molecule has 0 saturated heterocycles.